The maximum absolute atomic E-state index is 12.0. The van der Waals surface area contributed by atoms with Gasteiger partial charge in [0.05, 0.1) is 25.4 Å². The molecule has 0 aromatic heterocycles. The van der Waals surface area contributed by atoms with E-state index in [4.69, 9.17) is 14.6 Å². The zero-order chi connectivity index (χ0) is 27.8. The Kier molecular flexibility index (Phi) is 10.5. The van der Waals surface area contributed by atoms with Crippen molar-refractivity contribution in [2.24, 2.45) is 5.92 Å². The molecule has 2 aromatic carbocycles. The Labute approximate surface area is 229 Å². The van der Waals surface area contributed by atoms with Crippen LogP contribution in [0.1, 0.15) is 73.7 Å². The van der Waals surface area contributed by atoms with Crippen molar-refractivity contribution < 1.29 is 34.4 Å². The van der Waals surface area contributed by atoms with E-state index in [0.29, 0.717) is 19.5 Å². The van der Waals surface area contributed by atoms with Gasteiger partial charge in [-0.1, -0.05) is 55.5 Å². The topological polar surface area (TPSA) is 129 Å². The monoisotopic (exact) mass is 540 g/mol. The highest BCUT2D eigenvalue weighted by atomic mass is 16.7. The van der Waals surface area contributed by atoms with Crippen LogP contribution in [0, 0.1) is 5.92 Å². The number of likely N-dealkylation sites (tertiary alicyclic amines) is 1. The number of carboxylic acids is 1. The second-order valence-electron chi connectivity index (χ2n) is 10.6. The van der Waals surface area contributed by atoms with E-state index in [1.807, 2.05) is 48.5 Å². The summed E-state index contributed by atoms with van der Waals surface area (Å²) in [4.78, 5) is 24.9. The van der Waals surface area contributed by atoms with Crippen LogP contribution in [0.5, 0.6) is 0 Å². The van der Waals surface area contributed by atoms with Gasteiger partial charge in [0.15, 0.2) is 6.29 Å². The highest BCUT2D eigenvalue weighted by molar-refractivity contribution is 5.76. The van der Waals surface area contributed by atoms with Crippen LogP contribution in [-0.2, 0) is 32.2 Å². The van der Waals surface area contributed by atoms with Crippen molar-refractivity contribution in [3.63, 3.8) is 0 Å². The molecule has 0 aliphatic carbocycles. The molecule has 4 rings (SSSR count). The van der Waals surface area contributed by atoms with E-state index in [2.05, 4.69) is 17.1 Å². The average Bonchev–Trinajstić information content (AvgIpc) is 3.40. The number of carboxylic acid groups (broad SMARTS) is 1. The number of rotatable bonds is 12. The largest absolute Gasteiger partial charge is 0.481 e. The number of aliphatic carboxylic acids is 1. The van der Waals surface area contributed by atoms with Crippen molar-refractivity contribution in [2.75, 3.05) is 19.7 Å². The van der Waals surface area contributed by atoms with Gasteiger partial charge in [0.2, 0.25) is 5.91 Å². The van der Waals surface area contributed by atoms with Gasteiger partial charge >= 0.3 is 5.97 Å². The van der Waals surface area contributed by atoms with Gasteiger partial charge in [-0.05, 0) is 42.5 Å². The first-order valence-electron chi connectivity index (χ1n) is 13.8. The van der Waals surface area contributed by atoms with Crippen molar-refractivity contribution in [3.05, 3.63) is 70.8 Å². The van der Waals surface area contributed by atoms with Crippen molar-refractivity contribution in [1.29, 1.82) is 0 Å². The second-order valence-corrected chi connectivity index (χ2v) is 10.6. The molecule has 4 N–H and O–H groups in total. The predicted molar refractivity (Wildman–Crippen MR) is 144 cm³/mol. The average molecular weight is 541 g/mol. The molecule has 9 nitrogen and oxygen atoms in total. The fourth-order valence-corrected chi connectivity index (χ4v) is 5.38. The van der Waals surface area contributed by atoms with E-state index in [1.165, 1.54) is 0 Å². The summed E-state index contributed by atoms with van der Waals surface area (Å²) in [5.41, 5.74) is 3.67. The lowest BCUT2D eigenvalue weighted by atomic mass is 9.90. The molecule has 5 atom stereocenters. The Morgan fingerprint density at radius 3 is 2.33 bits per heavy atom. The lowest BCUT2D eigenvalue weighted by Crippen LogP contribution is -2.46. The number of carbonyl (C=O) groups is 2. The highest BCUT2D eigenvalue weighted by Gasteiger charge is 2.40. The molecule has 2 aromatic rings. The number of amides is 1. The first-order chi connectivity index (χ1) is 18.9. The van der Waals surface area contributed by atoms with E-state index in [9.17, 15) is 19.8 Å². The van der Waals surface area contributed by atoms with Gasteiger partial charge in [-0.15, -0.1) is 0 Å². The summed E-state index contributed by atoms with van der Waals surface area (Å²) in [7, 11) is 0. The Morgan fingerprint density at radius 1 is 0.974 bits per heavy atom. The van der Waals surface area contributed by atoms with Crippen LogP contribution >= 0.6 is 0 Å². The predicted octanol–water partition coefficient (Wildman–Crippen LogP) is 3.30. The Bertz CT molecular complexity index is 1080. The summed E-state index contributed by atoms with van der Waals surface area (Å²) in [6, 6.07) is 15.7. The van der Waals surface area contributed by atoms with Gasteiger partial charge in [0, 0.05) is 43.5 Å². The number of carbonyl (C=O) groups excluding carboxylic acids is 1. The van der Waals surface area contributed by atoms with Gasteiger partial charge in [0.1, 0.15) is 0 Å². The number of ether oxygens (including phenoxy) is 2. The molecule has 2 aliphatic rings. The van der Waals surface area contributed by atoms with Crippen LogP contribution < -0.4 is 5.32 Å². The molecule has 1 amide bonds. The van der Waals surface area contributed by atoms with Gasteiger partial charge in [0.25, 0.3) is 0 Å². The van der Waals surface area contributed by atoms with Crippen LogP contribution in [-0.4, -0.2) is 63.9 Å². The zero-order valence-electron chi connectivity index (χ0n) is 22.5. The van der Waals surface area contributed by atoms with E-state index in [-0.39, 0.29) is 56.1 Å². The summed E-state index contributed by atoms with van der Waals surface area (Å²) in [6.45, 7) is 4.28. The molecule has 2 saturated heterocycles. The number of benzene rings is 2. The summed E-state index contributed by atoms with van der Waals surface area (Å²) >= 11 is 0. The highest BCUT2D eigenvalue weighted by Crippen LogP contribution is 2.42. The van der Waals surface area contributed by atoms with Crippen LogP contribution in [0.15, 0.2) is 48.5 Å². The molecular weight excluding hydrogens is 500 g/mol. The maximum Gasteiger partial charge on any atom is 0.303 e. The first-order valence-corrected chi connectivity index (χ1v) is 13.8. The standard InChI is InChI=1S/C30H40N2O7/c1-20-26(17-32-15-3-4-25(32)19-34)38-30(39-29(20)23-11-9-22(18-33)10-12-23)24-13-7-21(8-14-24)16-31-27(35)5-2-6-28(36)37/h7-14,20,25-26,29-30,33-34H,2-6,15-19H2,1H3,(H,31,35)(H,36,37). The second kappa shape index (κ2) is 14.0. The summed E-state index contributed by atoms with van der Waals surface area (Å²) in [6.07, 6.45) is 1.64. The van der Waals surface area contributed by atoms with Crippen molar-refractivity contribution >= 4 is 11.9 Å². The molecule has 0 saturated carbocycles. The number of nitrogens with one attached hydrogen (secondary N) is 1. The number of hydrogen-bond donors (Lipinski definition) is 4. The van der Waals surface area contributed by atoms with Crippen LogP contribution in [0.3, 0.4) is 0 Å². The van der Waals surface area contributed by atoms with Gasteiger partial charge in [-0.25, -0.2) is 0 Å². The normalized spacial score (nSPS) is 25.5. The van der Waals surface area contributed by atoms with Gasteiger partial charge < -0.3 is 30.1 Å². The molecule has 0 radical (unpaired) electrons. The minimum atomic E-state index is -0.903. The Hall–Kier alpha value is -2.82. The van der Waals surface area contributed by atoms with E-state index in [1.54, 1.807) is 0 Å². The number of nitrogens with zero attached hydrogens (tertiary/aromatic N) is 1. The van der Waals surface area contributed by atoms with Crippen molar-refractivity contribution in [1.82, 2.24) is 10.2 Å². The molecule has 0 bridgehead atoms. The van der Waals surface area contributed by atoms with Crippen molar-refractivity contribution in [3.8, 4) is 0 Å². The van der Waals surface area contributed by atoms with E-state index >= 15 is 0 Å². The molecule has 2 aliphatic heterocycles. The van der Waals surface area contributed by atoms with Crippen molar-refractivity contribution in [2.45, 2.75) is 76.7 Å². The number of hydrogen-bond acceptors (Lipinski definition) is 7. The van der Waals surface area contributed by atoms with Crippen LogP contribution in [0.4, 0.5) is 0 Å². The Balaban J connectivity index is 1.45. The third-order valence-corrected chi connectivity index (χ3v) is 7.78. The summed E-state index contributed by atoms with van der Waals surface area (Å²) < 4.78 is 13.1. The fourth-order valence-electron chi connectivity index (χ4n) is 5.38. The van der Waals surface area contributed by atoms with E-state index < -0.39 is 12.3 Å². The van der Waals surface area contributed by atoms with Gasteiger partial charge in [-0.2, -0.15) is 0 Å². The summed E-state index contributed by atoms with van der Waals surface area (Å²) in [5.74, 6) is -1.01. The quantitative estimate of drug-likeness (QED) is 0.323. The molecule has 0 spiro atoms. The molecule has 9 heteroatoms. The molecule has 2 heterocycles. The number of aliphatic hydroxyl groups excluding tert-OH is 2. The zero-order valence-corrected chi connectivity index (χ0v) is 22.5. The fraction of sp³-hybridized carbons (Fsp3) is 0.533. The van der Waals surface area contributed by atoms with E-state index in [0.717, 1.165) is 41.6 Å². The minimum Gasteiger partial charge on any atom is -0.481 e. The third-order valence-electron chi connectivity index (χ3n) is 7.78. The lowest BCUT2D eigenvalue weighted by molar-refractivity contribution is -0.276. The third kappa shape index (κ3) is 7.86. The van der Waals surface area contributed by atoms with Gasteiger partial charge in [-0.3, -0.25) is 14.5 Å². The molecule has 39 heavy (non-hydrogen) atoms. The minimum absolute atomic E-state index is 0.0115. The maximum atomic E-state index is 12.0. The Morgan fingerprint density at radius 2 is 1.67 bits per heavy atom. The van der Waals surface area contributed by atoms with Crippen LogP contribution in [0.25, 0.3) is 0 Å². The van der Waals surface area contributed by atoms with Crippen LogP contribution in [0.2, 0.25) is 0 Å². The molecule has 5 unspecified atom stereocenters. The molecule has 212 valence electrons. The number of aliphatic hydroxyl groups is 2. The molecular formula is C30H40N2O7. The molecule has 2 fully saturated rings. The first kappa shape index (κ1) is 29.2. The SMILES string of the molecule is CC1C(CN2CCCC2CO)OC(c2ccc(CNC(=O)CCCC(=O)O)cc2)OC1c1ccc(CO)cc1. The lowest BCUT2D eigenvalue weighted by Gasteiger charge is -2.43. The smallest absolute Gasteiger partial charge is 0.303 e. The summed E-state index contributed by atoms with van der Waals surface area (Å²) in [5, 5.41) is 30.8.